The summed E-state index contributed by atoms with van der Waals surface area (Å²) in [6, 6.07) is 10.2. The van der Waals surface area contributed by atoms with E-state index in [2.05, 4.69) is 4.98 Å². The minimum Gasteiger partial charge on any atom is -0.393 e. The van der Waals surface area contributed by atoms with Crippen molar-refractivity contribution in [3.8, 4) is 0 Å². The van der Waals surface area contributed by atoms with E-state index in [1.165, 1.54) is 6.07 Å². The molecule has 0 aliphatic rings. The Labute approximate surface area is 116 Å². The Morgan fingerprint density at radius 3 is 2.79 bits per heavy atom. The second-order valence-electron chi connectivity index (χ2n) is 4.47. The number of hydrogen-bond acceptors (Lipinski definition) is 2. The molecule has 19 heavy (non-hydrogen) atoms. The Balaban J connectivity index is 1.87. The van der Waals surface area contributed by atoms with Gasteiger partial charge >= 0.3 is 0 Å². The molecular weight excluding hydrogens is 265 g/mol. The van der Waals surface area contributed by atoms with E-state index in [9.17, 15) is 9.50 Å². The minimum absolute atomic E-state index is 0.0921. The molecule has 0 saturated heterocycles. The van der Waals surface area contributed by atoms with Crippen LogP contribution in [0.15, 0.2) is 42.6 Å². The van der Waals surface area contributed by atoms with Gasteiger partial charge in [0.25, 0.3) is 0 Å². The molecule has 1 atom stereocenters. The van der Waals surface area contributed by atoms with Crippen LogP contribution in [0.5, 0.6) is 0 Å². The third-order valence-electron chi connectivity index (χ3n) is 2.92. The molecule has 0 spiro atoms. The Bertz CT molecular complexity index is 533. The molecule has 1 N–H and O–H groups in total. The predicted octanol–water partition coefficient (Wildman–Crippen LogP) is 3.41. The lowest BCUT2D eigenvalue weighted by Crippen LogP contribution is -2.12. The maximum absolute atomic E-state index is 13.0. The highest BCUT2D eigenvalue weighted by molar-refractivity contribution is 6.30. The van der Waals surface area contributed by atoms with Gasteiger partial charge in [0.2, 0.25) is 0 Å². The van der Waals surface area contributed by atoms with Crippen molar-refractivity contribution in [2.24, 2.45) is 0 Å². The molecule has 1 aromatic carbocycles. The number of aliphatic hydroxyl groups excluding tert-OH is 1. The number of halogens is 2. The molecule has 1 aromatic heterocycles. The van der Waals surface area contributed by atoms with Gasteiger partial charge in [0.05, 0.1) is 11.1 Å². The maximum atomic E-state index is 13.0. The summed E-state index contributed by atoms with van der Waals surface area (Å²) in [5, 5.41) is 10.1. The molecule has 2 rings (SSSR count). The van der Waals surface area contributed by atoms with Crippen molar-refractivity contribution < 1.29 is 9.50 Å². The van der Waals surface area contributed by atoms with Crippen LogP contribution >= 0.6 is 11.6 Å². The molecule has 0 bridgehead atoms. The number of aliphatic hydroxyl groups is 1. The third kappa shape index (κ3) is 4.30. The lowest BCUT2D eigenvalue weighted by molar-refractivity contribution is 0.165. The van der Waals surface area contributed by atoms with Crippen LogP contribution < -0.4 is 0 Å². The van der Waals surface area contributed by atoms with Crippen LogP contribution in [0.3, 0.4) is 0 Å². The fourth-order valence-electron chi connectivity index (χ4n) is 1.90. The first-order valence-corrected chi connectivity index (χ1v) is 6.55. The van der Waals surface area contributed by atoms with E-state index in [4.69, 9.17) is 11.6 Å². The van der Waals surface area contributed by atoms with Gasteiger partial charge in [-0.1, -0.05) is 23.7 Å². The van der Waals surface area contributed by atoms with Crippen molar-refractivity contribution in [1.29, 1.82) is 0 Å². The second kappa shape index (κ2) is 6.64. The van der Waals surface area contributed by atoms with E-state index in [-0.39, 0.29) is 5.02 Å². The SMILES string of the molecule is OC(CCc1ccccn1)Cc1ccc(F)c(Cl)c1. The molecule has 0 aliphatic heterocycles. The van der Waals surface area contributed by atoms with Gasteiger partial charge in [-0.3, -0.25) is 4.98 Å². The molecule has 1 unspecified atom stereocenters. The summed E-state index contributed by atoms with van der Waals surface area (Å²) >= 11 is 5.70. The fraction of sp³-hybridized carbons (Fsp3) is 0.267. The molecule has 0 aliphatic carbocycles. The smallest absolute Gasteiger partial charge is 0.141 e. The molecule has 0 radical (unpaired) electrons. The number of rotatable bonds is 5. The molecule has 100 valence electrons. The molecule has 2 nitrogen and oxygen atoms in total. The molecule has 0 fully saturated rings. The highest BCUT2D eigenvalue weighted by atomic mass is 35.5. The van der Waals surface area contributed by atoms with Crippen LogP contribution in [0, 0.1) is 5.82 Å². The summed E-state index contributed by atoms with van der Waals surface area (Å²) in [5.74, 6) is -0.437. The standard InChI is InChI=1S/C15H15ClFNO/c16-14-10-11(4-7-15(14)17)9-13(19)6-5-12-3-1-2-8-18-12/h1-4,7-8,10,13,19H,5-6,9H2. The van der Waals surface area contributed by atoms with Crippen molar-refractivity contribution >= 4 is 11.6 Å². The second-order valence-corrected chi connectivity index (χ2v) is 4.87. The van der Waals surface area contributed by atoms with Crippen molar-refractivity contribution in [3.05, 3.63) is 64.7 Å². The quantitative estimate of drug-likeness (QED) is 0.910. The first-order valence-electron chi connectivity index (χ1n) is 6.17. The van der Waals surface area contributed by atoms with Crippen LogP contribution in [0.2, 0.25) is 5.02 Å². The Kier molecular flexibility index (Phi) is 4.88. The highest BCUT2D eigenvalue weighted by Gasteiger charge is 2.08. The maximum Gasteiger partial charge on any atom is 0.141 e. The average Bonchev–Trinajstić information content (AvgIpc) is 2.42. The van der Waals surface area contributed by atoms with E-state index in [1.54, 1.807) is 18.3 Å². The van der Waals surface area contributed by atoms with Crippen molar-refractivity contribution in [1.82, 2.24) is 4.98 Å². The van der Waals surface area contributed by atoms with Crippen LogP contribution in [0.25, 0.3) is 0 Å². The van der Waals surface area contributed by atoms with Crippen molar-refractivity contribution in [3.63, 3.8) is 0 Å². The van der Waals surface area contributed by atoms with E-state index >= 15 is 0 Å². The van der Waals surface area contributed by atoms with Crippen molar-refractivity contribution in [2.45, 2.75) is 25.4 Å². The van der Waals surface area contributed by atoms with Gasteiger partial charge in [0.15, 0.2) is 0 Å². The zero-order valence-corrected chi connectivity index (χ0v) is 11.1. The average molecular weight is 280 g/mol. The summed E-state index contributed by atoms with van der Waals surface area (Å²) in [7, 11) is 0. The molecule has 1 heterocycles. The van der Waals surface area contributed by atoms with Crippen LogP contribution in [-0.2, 0) is 12.8 Å². The van der Waals surface area contributed by atoms with Crippen molar-refractivity contribution in [2.75, 3.05) is 0 Å². The highest BCUT2D eigenvalue weighted by Crippen LogP contribution is 2.18. The summed E-state index contributed by atoms with van der Waals surface area (Å²) < 4.78 is 13.0. The van der Waals surface area contributed by atoms with E-state index in [1.807, 2.05) is 18.2 Å². The summed E-state index contributed by atoms with van der Waals surface area (Å²) in [6.45, 7) is 0. The van der Waals surface area contributed by atoms with Gasteiger partial charge in [-0.25, -0.2) is 4.39 Å². The zero-order chi connectivity index (χ0) is 13.7. The van der Waals surface area contributed by atoms with Crippen LogP contribution in [0.1, 0.15) is 17.7 Å². The van der Waals surface area contributed by atoms with Gasteiger partial charge < -0.3 is 5.11 Å². The molecule has 0 saturated carbocycles. The summed E-state index contributed by atoms with van der Waals surface area (Å²) in [6.07, 6.45) is 3.06. The third-order valence-corrected chi connectivity index (χ3v) is 3.20. The first-order chi connectivity index (χ1) is 9.15. The molecular formula is C15H15ClFNO. The van der Waals surface area contributed by atoms with Crippen LogP contribution in [-0.4, -0.2) is 16.2 Å². The van der Waals surface area contributed by atoms with Gasteiger partial charge in [-0.2, -0.15) is 0 Å². The molecule has 2 aromatic rings. The monoisotopic (exact) mass is 279 g/mol. The first kappa shape index (κ1) is 14.0. The van der Waals surface area contributed by atoms with E-state index in [0.29, 0.717) is 12.8 Å². The van der Waals surface area contributed by atoms with Crippen LogP contribution in [0.4, 0.5) is 4.39 Å². The van der Waals surface area contributed by atoms with E-state index < -0.39 is 11.9 Å². The minimum atomic E-state index is -0.483. The molecule has 0 amide bonds. The van der Waals surface area contributed by atoms with Gasteiger partial charge in [-0.15, -0.1) is 0 Å². The zero-order valence-electron chi connectivity index (χ0n) is 10.4. The van der Waals surface area contributed by atoms with Gasteiger partial charge in [0, 0.05) is 11.9 Å². The number of benzene rings is 1. The Morgan fingerprint density at radius 1 is 1.26 bits per heavy atom. The lowest BCUT2D eigenvalue weighted by Gasteiger charge is -2.10. The largest absolute Gasteiger partial charge is 0.393 e. The van der Waals surface area contributed by atoms with Gasteiger partial charge in [-0.05, 0) is 49.1 Å². The Morgan fingerprint density at radius 2 is 2.11 bits per heavy atom. The van der Waals surface area contributed by atoms with Gasteiger partial charge in [0.1, 0.15) is 5.82 Å². The molecule has 4 heteroatoms. The Hall–Kier alpha value is -1.45. The van der Waals surface area contributed by atoms with E-state index in [0.717, 1.165) is 17.7 Å². The number of aryl methyl sites for hydroxylation is 1. The number of aromatic nitrogens is 1. The number of pyridine rings is 1. The number of nitrogens with zero attached hydrogens (tertiary/aromatic N) is 1. The normalized spacial score (nSPS) is 12.4. The fourth-order valence-corrected chi connectivity index (χ4v) is 2.10. The number of hydrogen-bond donors (Lipinski definition) is 1. The predicted molar refractivity (Wildman–Crippen MR) is 73.7 cm³/mol. The summed E-state index contributed by atoms with van der Waals surface area (Å²) in [5.41, 5.74) is 1.79. The summed E-state index contributed by atoms with van der Waals surface area (Å²) in [4.78, 5) is 4.20. The topological polar surface area (TPSA) is 33.1 Å². The lowest BCUT2D eigenvalue weighted by atomic mass is 10.0.